The Hall–Kier alpha value is -2.04. The molecule has 6 rings (SSSR count). The molecule has 0 N–H and O–H groups in total. The number of hydrogen-bond donors (Lipinski definition) is 0. The third-order valence-corrected chi connectivity index (χ3v) is 7.12. The number of benzene rings is 1. The van der Waals surface area contributed by atoms with Crippen molar-refractivity contribution in [2.75, 3.05) is 19.8 Å². The highest BCUT2D eigenvalue weighted by Gasteiger charge is 2.51. The average Bonchev–Trinajstić information content (AvgIpc) is 2.89. The lowest BCUT2D eigenvalue weighted by Crippen LogP contribution is -2.47. The van der Waals surface area contributed by atoms with E-state index in [9.17, 15) is 9.59 Å². The number of carbonyl (C=O) groups excluding carboxylic acids is 2. The van der Waals surface area contributed by atoms with Gasteiger partial charge in [0.2, 0.25) is 0 Å². The summed E-state index contributed by atoms with van der Waals surface area (Å²) >= 11 is 0. The van der Waals surface area contributed by atoms with Gasteiger partial charge in [0, 0.05) is 12.0 Å². The minimum absolute atomic E-state index is 0.143. The molecule has 4 bridgehead atoms. The summed E-state index contributed by atoms with van der Waals surface area (Å²) in [6.45, 7) is 0.984. The summed E-state index contributed by atoms with van der Waals surface area (Å²) in [5, 5.41) is 0. The summed E-state index contributed by atoms with van der Waals surface area (Å²) in [7, 11) is 0. The number of carbonyl (C=O) groups is 2. The molecule has 28 heavy (non-hydrogen) atoms. The normalized spacial score (nSPS) is 32.6. The van der Waals surface area contributed by atoms with Gasteiger partial charge in [0.1, 0.15) is 0 Å². The minimum atomic E-state index is -0.218. The minimum Gasteiger partial charge on any atom is -0.490 e. The first-order chi connectivity index (χ1) is 13.6. The second-order valence-electron chi connectivity index (χ2n) is 9.39. The molecule has 4 fully saturated rings. The van der Waals surface area contributed by atoms with E-state index in [2.05, 4.69) is 0 Å². The lowest BCUT2D eigenvalue weighted by molar-refractivity contribution is -0.150. The first-order valence-corrected chi connectivity index (χ1v) is 10.7. The number of ketones is 1. The maximum atomic E-state index is 12.5. The molecule has 0 unspecified atom stereocenters. The third kappa shape index (κ3) is 3.51. The Morgan fingerprint density at radius 2 is 1.61 bits per heavy atom. The Kier molecular flexibility index (Phi) is 4.56. The highest BCUT2D eigenvalue weighted by molar-refractivity contribution is 5.98. The molecular formula is C23H28O5. The van der Waals surface area contributed by atoms with Crippen LogP contribution in [0.4, 0.5) is 0 Å². The number of ether oxygens (including phenoxy) is 3. The molecule has 4 saturated carbocycles. The summed E-state index contributed by atoms with van der Waals surface area (Å²) in [4.78, 5) is 25.0. The van der Waals surface area contributed by atoms with E-state index in [1.54, 1.807) is 18.2 Å². The van der Waals surface area contributed by atoms with Crippen molar-refractivity contribution in [2.45, 2.75) is 51.4 Å². The smallest absolute Gasteiger partial charge is 0.306 e. The van der Waals surface area contributed by atoms with Crippen molar-refractivity contribution < 1.29 is 23.8 Å². The predicted octanol–water partition coefficient (Wildman–Crippen LogP) is 4.18. The first-order valence-electron chi connectivity index (χ1n) is 10.7. The van der Waals surface area contributed by atoms with Gasteiger partial charge in [0.15, 0.2) is 23.9 Å². The molecule has 1 aromatic carbocycles. The van der Waals surface area contributed by atoms with Gasteiger partial charge in [-0.1, -0.05) is 0 Å². The van der Waals surface area contributed by atoms with Crippen molar-refractivity contribution in [3.8, 4) is 11.5 Å². The first kappa shape index (κ1) is 18.0. The zero-order valence-electron chi connectivity index (χ0n) is 16.3. The summed E-state index contributed by atoms with van der Waals surface area (Å²) in [5.41, 5.74) is 0.635. The molecule has 1 aliphatic heterocycles. The Morgan fingerprint density at radius 1 is 0.964 bits per heavy atom. The lowest BCUT2D eigenvalue weighted by atomic mass is 9.49. The molecule has 0 amide bonds. The molecule has 0 atom stereocenters. The number of fused-ring (bicyclic) bond motifs is 1. The van der Waals surface area contributed by atoms with Crippen LogP contribution >= 0.6 is 0 Å². The Balaban J connectivity index is 1.18. The molecule has 0 saturated heterocycles. The molecule has 0 spiro atoms. The van der Waals surface area contributed by atoms with Gasteiger partial charge in [-0.05, 0) is 79.9 Å². The fourth-order valence-electron chi connectivity index (χ4n) is 6.43. The van der Waals surface area contributed by atoms with Gasteiger partial charge in [0.05, 0.1) is 19.6 Å². The summed E-state index contributed by atoms with van der Waals surface area (Å²) in [5.74, 6) is 3.25. The Bertz CT molecular complexity index is 748. The van der Waals surface area contributed by atoms with E-state index in [1.807, 2.05) is 0 Å². The Labute approximate surface area is 165 Å². The van der Waals surface area contributed by atoms with E-state index in [4.69, 9.17) is 14.2 Å². The SMILES string of the molecule is O=C(CC12CC3CC(CC(C3)C1)C2)OCC(=O)c1ccc2c(c1)OCCCO2. The molecule has 150 valence electrons. The highest BCUT2D eigenvalue weighted by atomic mass is 16.5. The monoisotopic (exact) mass is 384 g/mol. The maximum Gasteiger partial charge on any atom is 0.306 e. The second-order valence-corrected chi connectivity index (χ2v) is 9.39. The van der Waals surface area contributed by atoms with Crippen LogP contribution in [0, 0.1) is 23.2 Å². The topological polar surface area (TPSA) is 61.8 Å². The van der Waals surface area contributed by atoms with Gasteiger partial charge in [-0.15, -0.1) is 0 Å². The van der Waals surface area contributed by atoms with Crippen molar-refractivity contribution in [1.82, 2.24) is 0 Å². The van der Waals surface area contributed by atoms with Crippen molar-refractivity contribution in [1.29, 1.82) is 0 Å². The van der Waals surface area contributed by atoms with Crippen LogP contribution in [0.1, 0.15) is 61.7 Å². The third-order valence-electron chi connectivity index (χ3n) is 7.12. The van der Waals surface area contributed by atoms with Crippen molar-refractivity contribution in [3.63, 3.8) is 0 Å². The number of esters is 1. The van der Waals surface area contributed by atoms with E-state index >= 15 is 0 Å². The van der Waals surface area contributed by atoms with Crippen molar-refractivity contribution in [2.24, 2.45) is 23.2 Å². The van der Waals surface area contributed by atoms with Crippen LogP contribution in [-0.2, 0) is 9.53 Å². The summed E-state index contributed by atoms with van der Waals surface area (Å²) < 4.78 is 16.6. The van der Waals surface area contributed by atoms with E-state index in [-0.39, 0.29) is 23.8 Å². The van der Waals surface area contributed by atoms with Gasteiger partial charge in [-0.25, -0.2) is 0 Å². The largest absolute Gasteiger partial charge is 0.490 e. The van der Waals surface area contributed by atoms with Crippen LogP contribution in [0.2, 0.25) is 0 Å². The molecule has 0 radical (unpaired) electrons. The molecule has 4 aliphatic carbocycles. The number of hydrogen-bond acceptors (Lipinski definition) is 5. The van der Waals surface area contributed by atoms with Gasteiger partial charge in [-0.2, -0.15) is 0 Å². The average molecular weight is 384 g/mol. The van der Waals surface area contributed by atoms with E-state index < -0.39 is 0 Å². The highest BCUT2D eigenvalue weighted by Crippen LogP contribution is 2.61. The second kappa shape index (κ2) is 7.09. The molecule has 1 heterocycles. The van der Waals surface area contributed by atoms with E-state index in [0.717, 1.165) is 24.2 Å². The number of Topliss-reactive ketones (excluding diaryl/α,β-unsaturated/α-hetero) is 1. The van der Waals surface area contributed by atoms with Crippen LogP contribution < -0.4 is 9.47 Å². The van der Waals surface area contributed by atoms with Gasteiger partial charge in [-0.3, -0.25) is 9.59 Å². The zero-order valence-corrected chi connectivity index (χ0v) is 16.3. The molecule has 0 aromatic heterocycles. The van der Waals surface area contributed by atoms with Crippen LogP contribution in [0.15, 0.2) is 18.2 Å². The molecular weight excluding hydrogens is 356 g/mol. The van der Waals surface area contributed by atoms with Gasteiger partial charge < -0.3 is 14.2 Å². The fourth-order valence-corrected chi connectivity index (χ4v) is 6.43. The van der Waals surface area contributed by atoms with Crippen LogP contribution in [0.3, 0.4) is 0 Å². The maximum absolute atomic E-state index is 12.5. The quantitative estimate of drug-likeness (QED) is 0.563. The van der Waals surface area contributed by atoms with Gasteiger partial charge in [0.25, 0.3) is 0 Å². The van der Waals surface area contributed by atoms with E-state index in [1.165, 1.54) is 38.5 Å². The van der Waals surface area contributed by atoms with E-state index in [0.29, 0.717) is 36.7 Å². The van der Waals surface area contributed by atoms with Crippen molar-refractivity contribution >= 4 is 11.8 Å². The fraction of sp³-hybridized carbons (Fsp3) is 0.652. The van der Waals surface area contributed by atoms with Crippen LogP contribution in [0.25, 0.3) is 0 Å². The standard InChI is InChI=1S/C23H28O5/c24-19(18-2-3-20-21(9-18)27-5-1-4-26-20)14-28-22(25)13-23-10-15-6-16(11-23)8-17(7-15)12-23/h2-3,9,15-17H,1,4-8,10-14H2. The van der Waals surface area contributed by atoms with Gasteiger partial charge >= 0.3 is 5.97 Å². The lowest BCUT2D eigenvalue weighted by Gasteiger charge is -2.56. The predicted molar refractivity (Wildman–Crippen MR) is 103 cm³/mol. The summed E-state index contributed by atoms with van der Waals surface area (Å²) in [6.07, 6.45) is 8.88. The molecule has 5 nitrogen and oxygen atoms in total. The molecule has 5 aliphatic rings. The van der Waals surface area contributed by atoms with Crippen LogP contribution in [-0.4, -0.2) is 31.6 Å². The molecule has 5 heteroatoms. The van der Waals surface area contributed by atoms with Crippen LogP contribution in [0.5, 0.6) is 11.5 Å². The zero-order chi connectivity index (χ0) is 19.1. The van der Waals surface area contributed by atoms with Crippen molar-refractivity contribution in [3.05, 3.63) is 23.8 Å². The molecule has 1 aromatic rings. The summed E-state index contributed by atoms with van der Waals surface area (Å²) in [6, 6.07) is 5.16. The Morgan fingerprint density at radius 3 is 2.29 bits per heavy atom. The number of rotatable bonds is 5.